The molecule has 0 aliphatic heterocycles. The molecule has 154 valence electrons. The first-order valence-electron chi connectivity index (χ1n) is 9.30. The van der Waals surface area contributed by atoms with Crippen molar-refractivity contribution < 1.29 is 14.3 Å². The van der Waals surface area contributed by atoms with Crippen molar-refractivity contribution in [2.75, 3.05) is 0 Å². The van der Waals surface area contributed by atoms with E-state index in [-0.39, 0.29) is 16.6 Å². The van der Waals surface area contributed by atoms with Crippen molar-refractivity contribution in [2.45, 2.75) is 52.8 Å². The van der Waals surface area contributed by atoms with Crippen LogP contribution < -0.4 is 5.32 Å². The van der Waals surface area contributed by atoms with E-state index < -0.39 is 23.5 Å². The van der Waals surface area contributed by atoms with Crippen LogP contribution in [0.3, 0.4) is 0 Å². The summed E-state index contributed by atoms with van der Waals surface area (Å²) in [5.74, 6) is -1.41. The second kappa shape index (κ2) is 9.10. The summed E-state index contributed by atoms with van der Waals surface area (Å²) in [4.78, 5) is 25.0. The van der Waals surface area contributed by atoms with Gasteiger partial charge in [-0.15, -0.1) is 0 Å². The van der Waals surface area contributed by atoms with E-state index in [4.69, 9.17) is 16.3 Å². The number of aryl methyl sites for hydroxylation is 1. The molecule has 0 fully saturated rings. The molecule has 0 saturated carbocycles. The molecule has 0 aliphatic carbocycles. The van der Waals surface area contributed by atoms with Crippen LogP contribution in [0, 0.1) is 24.2 Å². The third-order valence-corrected chi connectivity index (χ3v) is 5.25. The van der Waals surface area contributed by atoms with E-state index in [9.17, 15) is 14.9 Å². The number of nitriles is 1. The Morgan fingerprint density at radius 3 is 2.48 bits per heavy atom. The molecular weight excluding hydrogens is 392 g/mol. The van der Waals surface area contributed by atoms with Gasteiger partial charge < -0.3 is 10.1 Å². The van der Waals surface area contributed by atoms with Crippen molar-refractivity contribution in [3.8, 4) is 6.07 Å². The van der Waals surface area contributed by atoms with E-state index in [1.165, 1.54) is 11.6 Å². The molecule has 29 heavy (non-hydrogen) atoms. The molecule has 7 nitrogen and oxygen atoms in total. The first kappa shape index (κ1) is 22.4. The lowest BCUT2D eigenvalue weighted by Crippen LogP contribution is -2.52. The summed E-state index contributed by atoms with van der Waals surface area (Å²) in [6, 6.07) is 11.7. The maximum absolute atomic E-state index is 12.6. The maximum atomic E-state index is 12.6. The van der Waals surface area contributed by atoms with Gasteiger partial charge in [0.05, 0.1) is 18.3 Å². The van der Waals surface area contributed by atoms with Crippen LogP contribution in [-0.2, 0) is 16.1 Å². The van der Waals surface area contributed by atoms with Gasteiger partial charge in [-0.2, -0.15) is 10.4 Å². The molecule has 1 aromatic heterocycles. The molecule has 1 aromatic carbocycles. The Balaban J connectivity index is 2.12. The van der Waals surface area contributed by atoms with Crippen LogP contribution in [0.25, 0.3) is 0 Å². The predicted octanol–water partition coefficient (Wildman–Crippen LogP) is 3.49. The number of carbonyl (C=O) groups is 2. The number of nitrogens with zero attached hydrogens (tertiary/aromatic N) is 3. The Morgan fingerprint density at radius 2 is 1.93 bits per heavy atom. The van der Waals surface area contributed by atoms with Crippen LogP contribution in [-0.4, -0.2) is 33.3 Å². The molecule has 1 heterocycles. The van der Waals surface area contributed by atoms with Crippen LogP contribution in [0.5, 0.6) is 0 Å². The van der Waals surface area contributed by atoms with Crippen LogP contribution in [0.2, 0.25) is 5.15 Å². The van der Waals surface area contributed by atoms with Gasteiger partial charge >= 0.3 is 5.97 Å². The maximum Gasteiger partial charge on any atom is 0.343 e. The van der Waals surface area contributed by atoms with Crippen molar-refractivity contribution in [3.05, 3.63) is 52.3 Å². The number of nitrogens with one attached hydrogen (secondary N) is 1. The molecule has 2 aromatic rings. The Labute approximate surface area is 175 Å². The summed E-state index contributed by atoms with van der Waals surface area (Å²) in [5.41, 5.74) is 0.446. The quantitative estimate of drug-likeness (QED) is 0.696. The van der Waals surface area contributed by atoms with Crippen molar-refractivity contribution in [3.63, 3.8) is 0 Å². The Hall–Kier alpha value is -2.85. The largest absolute Gasteiger partial charge is 0.449 e. The van der Waals surface area contributed by atoms with Crippen LogP contribution in [0.4, 0.5) is 0 Å². The van der Waals surface area contributed by atoms with Gasteiger partial charge in [0.25, 0.3) is 5.91 Å². The van der Waals surface area contributed by atoms with E-state index in [0.717, 1.165) is 5.56 Å². The zero-order valence-electron chi connectivity index (χ0n) is 17.2. The minimum Gasteiger partial charge on any atom is -0.449 e. The first-order chi connectivity index (χ1) is 13.6. The van der Waals surface area contributed by atoms with E-state index in [0.29, 0.717) is 12.2 Å². The molecular formula is C21H25ClN4O3. The number of rotatable bonds is 7. The predicted molar refractivity (Wildman–Crippen MR) is 109 cm³/mol. The third kappa shape index (κ3) is 5.15. The molecule has 0 unspecified atom stereocenters. The number of ether oxygens (including phenoxy) is 1. The summed E-state index contributed by atoms with van der Waals surface area (Å²) in [6.07, 6.45) is -1.10. The zero-order valence-corrected chi connectivity index (χ0v) is 17.9. The van der Waals surface area contributed by atoms with E-state index in [1.807, 2.05) is 44.2 Å². The molecule has 2 rings (SSSR count). The topological polar surface area (TPSA) is 97.0 Å². The summed E-state index contributed by atoms with van der Waals surface area (Å²) in [5, 5.41) is 16.4. The Bertz CT molecular complexity index is 933. The van der Waals surface area contributed by atoms with Gasteiger partial charge in [0.1, 0.15) is 16.3 Å². The second-order valence-electron chi connectivity index (χ2n) is 7.40. The van der Waals surface area contributed by atoms with Crippen molar-refractivity contribution in [1.82, 2.24) is 15.1 Å². The van der Waals surface area contributed by atoms with Gasteiger partial charge in [0.2, 0.25) is 0 Å². The molecule has 0 bridgehead atoms. The van der Waals surface area contributed by atoms with Gasteiger partial charge in [0, 0.05) is 0 Å². The van der Waals surface area contributed by atoms with E-state index in [1.54, 1.807) is 13.8 Å². The summed E-state index contributed by atoms with van der Waals surface area (Å²) in [6.45, 7) is 8.77. The summed E-state index contributed by atoms with van der Waals surface area (Å²) >= 11 is 6.36. The highest BCUT2D eigenvalue weighted by molar-refractivity contribution is 6.32. The molecule has 8 heteroatoms. The highest BCUT2D eigenvalue weighted by Gasteiger charge is 2.33. The number of esters is 1. The standard InChI is InChI=1S/C21H25ClN4O3/c1-13(2)21(5,12-23)24-19(27)15(4)29-20(28)17-14(3)25-26(18(17)22)11-16-9-7-6-8-10-16/h6-10,13,15H,11H2,1-5H3,(H,24,27)/t15-,21-/m1/s1. The van der Waals surface area contributed by atoms with E-state index in [2.05, 4.69) is 16.5 Å². The van der Waals surface area contributed by atoms with Gasteiger partial charge in [-0.05, 0) is 32.3 Å². The van der Waals surface area contributed by atoms with Crippen molar-refractivity contribution in [2.24, 2.45) is 5.92 Å². The van der Waals surface area contributed by atoms with Crippen molar-refractivity contribution in [1.29, 1.82) is 5.26 Å². The van der Waals surface area contributed by atoms with E-state index >= 15 is 0 Å². The van der Waals surface area contributed by atoms with Crippen molar-refractivity contribution >= 4 is 23.5 Å². The molecule has 1 N–H and O–H groups in total. The monoisotopic (exact) mass is 416 g/mol. The van der Waals surface area contributed by atoms with Gasteiger partial charge in [0.15, 0.2) is 6.10 Å². The number of carbonyl (C=O) groups excluding carboxylic acids is 2. The van der Waals surface area contributed by atoms with Crippen LogP contribution in [0.1, 0.15) is 49.3 Å². The lowest BCUT2D eigenvalue weighted by molar-refractivity contribution is -0.130. The molecule has 1 amide bonds. The fourth-order valence-corrected chi connectivity index (χ4v) is 2.89. The Morgan fingerprint density at radius 1 is 1.31 bits per heavy atom. The van der Waals surface area contributed by atoms with Crippen LogP contribution >= 0.6 is 11.6 Å². The molecule has 0 spiro atoms. The summed E-state index contributed by atoms with van der Waals surface area (Å²) in [7, 11) is 0. The molecule has 0 radical (unpaired) electrons. The van der Waals surface area contributed by atoms with Gasteiger partial charge in [-0.25, -0.2) is 9.48 Å². The smallest absolute Gasteiger partial charge is 0.343 e. The fraction of sp³-hybridized carbons (Fsp3) is 0.429. The van der Waals surface area contributed by atoms with Gasteiger partial charge in [-0.3, -0.25) is 4.79 Å². The molecule has 0 aliphatic rings. The second-order valence-corrected chi connectivity index (χ2v) is 7.76. The number of amides is 1. The number of hydrogen-bond acceptors (Lipinski definition) is 5. The third-order valence-electron chi connectivity index (χ3n) is 4.87. The number of aromatic nitrogens is 2. The normalized spacial score (nSPS) is 14.0. The highest BCUT2D eigenvalue weighted by Crippen LogP contribution is 2.23. The Kier molecular flexibility index (Phi) is 7.04. The number of halogens is 1. The lowest BCUT2D eigenvalue weighted by Gasteiger charge is -2.28. The average molecular weight is 417 g/mol. The fourth-order valence-electron chi connectivity index (χ4n) is 2.58. The lowest BCUT2D eigenvalue weighted by atomic mass is 9.90. The molecule has 0 saturated heterocycles. The molecule has 2 atom stereocenters. The zero-order chi connectivity index (χ0) is 21.8. The number of benzene rings is 1. The highest BCUT2D eigenvalue weighted by atomic mass is 35.5. The van der Waals surface area contributed by atoms with Crippen LogP contribution in [0.15, 0.2) is 30.3 Å². The minimum absolute atomic E-state index is 0.118. The summed E-state index contributed by atoms with van der Waals surface area (Å²) < 4.78 is 6.81. The number of hydrogen-bond donors (Lipinski definition) is 1. The SMILES string of the molecule is Cc1nn(Cc2ccccc2)c(Cl)c1C(=O)O[C@H](C)C(=O)N[C@](C)(C#N)C(C)C. The minimum atomic E-state index is -1.10. The average Bonchev–Trinajstić information content (AvgIpc) is 2.95. The first-order valence-corrected chi connectivity index (χ1v) is 9.68. The van der Waals surface area contributed by atoms with Gasteiger partial charge in [-0.1, -0.05) is 55.8 Å².